The number of methoxy groups -OCH3 is 1. The Kier molecular flexibility index (Phi) is 6.11. The van der Waals surface area contributed by atoms with Crippen molar-refractivity contribution in [2.45, 2.75) is 50.6 Å². The number of piperidine rings is 1. The first kappa shape index (κ1) is 18.7. The molecule has 0 bridgehead atoms. The number of ether oxygens (including phenoxy) is 3. The van der Waals surface area contributed by atoms with E-state index in [0.717, 1.165) is 24.2 Å². The monoisotopic (exact) mass is 363 g/mol. The Labute approximate surface area is 152 Å². The molecule has 0 spiro atoms. The number of rotatable bonds is 6. The molecule has 2 aliphatic heterocycles. The Bertz CT molecular complexity index is 641. The second kappa shape index (κ2) is 8.51. The van der Waals surface area contributed by atoms with Crippen molar-refractivity contribution in [2.75, 3.05) is 20.2 Å². The number of carboxylic acids is 1. The van der Waals surface area contributed by atoms with Gasteiger partial charge in [0.25, 0.3) is 5.91 Å². The zero-order chi connectivity index (χ0) is 18.5. The summed E-state index contributed by atoms with van der Waals surface area (Å²) >= 11 is 0. The lowest BCUT2D eigenvalue weighted by Gasteiger charge is -2.33. The molecule has 0 saturated carbocycles. The van der Waals surface area contributed by atoms with Gasteiger partial charge in [0.15, 0.2) is 6.10 Å². The third-order valence-electron chi connectivity index (χ3n) is 4.99. The van der Waals surface area contributed by atoms with Crippen LogP contribution in [0.4, 0.5) is 0 Å². The van der Waals surface area contributed by atoms with Gasteiger partial charge >= 0.3 is 5.97 Å². The Balaban J connectivity index is 1.44. The Morgan fingerprint density at radius 3 is 2.50 bits per heavy atom. The molecule has 2 atom stereocenters. The molecular formula is C19H25NO6. The molecule has 2 saturated heterocycles. The van der Waals surface area contributed by atoms with Gasteiger partial charge in [-0.1, -0.05) is 18.2 Å². The highest BCUT2D eigenvalue weighted by Crippen LogP contribution is 2.25. The van der Waals surface area contributed by atoms with Gasteiger partial charge in [-0.05, 0) is 31.7 Å². The maximum absolute atomic E-state index is 12.5. The third-order valence-corrected chi connectivity index (χ3v) is 4.99. The molecule has 1 aromatic carbocycles. The van der Waals surface area contributed by atoms with Crippen molar-refractivity contribution in [1.82, 2.24) is 4.90 Å². The van der Waals surface area contributed by atoms with E-state index in [1.807, 2.05) is 24.3 Å². The third kappa shape index (κ3) is 4.34. The van der Waals surface area contributed by atoms with Gasteiger partial charge in [-0.25, -0.2) is 4.79 Å². The molecule has 7 heteroatoms. The lowest BCUT2D eigenvalue weighted by molar-refractivity contribution is -0.155. The fourth-order valence-corrected chi connectivity index (χ4v) is 3.48. The summed E-state index contributed by atoms with van der Waals surface area (Å²) in [5.74, 6) is -0.285. The van der Waals surface area contributed by atoms with E-state index in [2.05, 4.69) is 0 Å². The normalized spacial score (nSPS) is 23.8. The predicted molar refractivity (Wildman–Crippen MR) is 92.9 cm³/mol. The summed E-state index contributed by atoms with van der Waals surface area (Å²) in [7, 11) is 1.64. The molecule has 2 heterocycles. The molecule has 0 radical (unpaired) electrons. The minimum atomic E-state index is -0.997. The smallest absolute Gasteiger partial charge is 0.332 e. The van der Waals surface area contributed by atoms with Crippen molar-refractivity contribution in [1.29, 1.82) is 0 Å². The van der Waals surface area contributed by atoms with Crippen LogP contribution in [0.2, 0.25) is 0 Å². The van der Waals surface area contributed by atoms with Gasteiger partial charge in [0.05, 0.1) is 19.8 Å². The fourth-order valence-electron chi connectivity index (χ4n) is 3.48. The summed E-state index contributed by atoms with van der Waals surface area (Å²) < 4.78 is 16.7. The van der Waals surface area contributed by atoms with E-state index < -0.39 is 18.2 Å². The molecule has 2 aliphatic rings. The van der Waals surface area contributed by atoms with E-state index in [1.165, 1.54) is 0 Å². The van der Waals surface area contributed by atoms with Crippen LogP contribution < -0.4 is 4.74 Å². The first-order valence-corrected chi connectivity index (χ1v) is 8.99. The second-order valence-corrected chi connectivity index (χ2v) is 6.68. The summed E-state index contributed by atoms with van der Waals surface area (Å²) in [6, 6.07) is 7.76. The van der Waals surface area contributed by atoms with E-state index in [4.69, 9.17) is 19.3 Å². The molecule has 26 heavy (non-hydrogen) atoms. The molecule has 0 aliphatic carbocycles. The van der Waals surface area contributed by atoms with Gasteiger partial charge in [-0.3, -0.25) is 4.79 Å². The lowest BCUT2D eigenvalue weighted by atomic mass is 10.1. The fraction of sp³-hybridized carbons (Fsp3) is 0.579. The Hall–Kier alpha value is -2.12. The highest BCUT2D eigenvalue weighted by Gasteiger charge is 2.37. The van der Waals surface area contributed by atoms with Gasteiger partial charge in [0.1, 0.15) is 11.9 Å². The number of benzene rings is 1. The Morgan fingerprint density at radius 1 is 1.15 bits per heavy atom. The number of hydrogen-bond donors (Lipinski definition) is 1. The number of nitrogens with zero attached hydrogens (tertiary/aromatic N) is 1. The van der Waals surface area contributed by atoms with Gasteiger partial charge < -0.3 is 24.2 Å². The number of para-hydroxylation sites is 1. The number of carbonyl (C=O) groups is 2. The van der Waals surface area contributed by atoms with Crippen molar-refractivity contribution in [2.24, 2.45) is 0 Å². The van der Waals surface area contributed by atoms with Crippen LogP contribution in [-0.4, -0.2) is 60.4 Å². The van der Waals surface area contributed by atoms with Gasteiger partial charge in [0.2, 0.25) is 0 Å². The Morgan fingerprint density at radius 2 is 1.85 bits per heavy atom. The summed E-state index contributed by atoms with van der Waals surface area (Å²) in [5, 5.41) is 8.97. The first-order valence-electron chi connectivity index (χ1n) is 8.99. The van der Waals surface area contributed by atoms with E-state index in [9.17, 15) is 9.59 Å². The van der Waals surface area contributed by atoms with Crippen LogP contribution >= 0.6 is 0 Å². The minimum absolute atomic E-state index is 0.0974. The molecular weight excluding hydrogens is 338 g/mol. The van der Waals surface area contributed by atoms with Crippen LogP contribution in [-0.2, 0) is 25.7 Å². The molecule has 1 N–H and O–H groups in total. The molecule has 0 unspecified atom stereocenters. The number of hydrogen-bond acceptors (Lipinski definition) is 5. The van der Waals surface area contributed by atoms with Crippen LogP contribution in [0.1, 0.15) is 31.2 Å². The molecule has 1 amide bonds. The highest BCUT2D eigenvalue weighted by molar-refractivity contribution is 5.82. The van der Waals surface area contributed by atoms with E-state index in [1.54, 1.807) is 12.0 Å². The summed E-state index contributed by atoms with van der Waals surface area (Å²) in [5.41, 5.74) is 1.01. The zero-order valence-corrected chi connectivity index (χ0v) is 14.9. The largest absolute Gasteiger partial charge is 0.496 e. The quantitative estimate of drug-likeness (QED) is 0.830. The van der Waals surface area contributed by atoms with Crippen molar-refractivity contribution < 1.29 is 28.9 Å². The first-order chi connectivity index (χ1) is 12.6. The zero-order valence-electron chi connectivity index (χ0n) is 14.9. The second-order valence-electron chi connectivity index (χ2n) is 6.68. The van der Waals surface area contributed by atoms with Crippen molar-refractivity contribution in [3.63, 3.8) is 0 Å². The summed E-state index contributed by atoms with van der Waals surface area (Å²) in [6.45, 7) is 1.69. The lowest BCUT2D eigenvalue weighted by Crippen LogP contribution is -2.45. The average Bonchev–Trinajstić information content (AvgIpc) is 3.17. The number of aliphatic carboxylic acids is 1. The van der Waals surface area contributed by atoms with Crippen LogP contribution in [0.15, 0.2) is 24.3 Å². The molecule has 2 fully saturated rings. The summed E-state index contributed by atoms with van der Waals surface area (Å²) in [6.07, 6.45) is 1.00. The van der Waals surface area contributed by atoms with Gasteiger partial charge in [-0.15, -0.1) is 0 Å². The van der Waals surface area contributed by atoms with E-state index >= 15 is 0 Å². The maximum atomic E-state index is 12.5. The molecule has 0 aromatic heterocycles. The van der Waals surface area contributed by atoms with Crippen molar-refractivity contribution >= 4 is 11.9 Å². The van der Waals surface area contributed by atoms with E-state index in [-0.39, 0.29) is 12.0 Å². The topological polar surface area (TPSA) is 85.3 Å². The molecule has 142 valence electrons. The van der Waals surface area contributed by atoms with Crippen LogP contribution in [0.3, 0.4) is 0 Å². The van der Waals surface area contributed by atoms with Crippen molar-refractivity contribution in [3.8, 4) is 5.75 Å². The van der Waals surface area contributed by atoms with E-state index in [0.29, 0.717) is 32.5 Å². The van der Waals surface area contributed by atoms with Crippen LogP contribution in [0, 0.1) is 0 Å². The number of amides is 1. The van der Waals surface area contributed by atoms with Crippen LogP contribution in [0.5, 0.6) is 5.75 Å². The number of carboxylic acid groups (broad SMARTS) is 1. The minimum Gasteiger partial charge on any atom is -0.496 e. The molecule has 7 nitrogen and oxygen atoms in total. The predicted octanol–water partition coefficient (Wildman–Crippen LogP) is 1.83. The molecule has 3 rings (SSSR count). The van der Waals surface area contributed by atoms with Crippen LogP contribution in [0.25, 0.3) is 0 Å². The highest BCUT2D eigenvalue weighted by atomic mass is 16.5. The standard InChI is InChI=1S/C19H25NO6/c1-24-15-5-3-2-4-13(15)12-25-14-8-10-20(11-9-14)18(21)16-6-7-17(26-16)19(22)23/h2-5,14,16-17H,6-12H2,1H3,(H,22,23)/t16-,17+/m0/s1. The molecule has 1 aromatic rings. The average molecular weight is 363 g/mol. The van der Waals surface area contributed by atoms with Crippen molar-refractivity contribution in [3.05, 3.63) is 29.8 Å². The summed E-state index contributed by atoms with van der Waals surface area (Å²) in [4.78, 5) is 25.2. The number of carbonyl (C=O) groups excluding carboxylic acids is 1. The van der Waals surface area contributed by atoms with Gasteiger partial charge in [-0.2, -0.15) is 0 Å². The SMILES string of the molecule is COc1ccccc1COC1CCN(C(=O)[C@@H]2CC[C@H](C(=O)O)O2)CC1. The number of likely N-dealkylation sites (tertiary alicyclic amines) is 1. The maximum Gasteiger partial charge on any atom is 0.332 e. The van der Waals surface area contributed by atoms with Gasteiger partial charge in [0, 0.05) is 18.7 Å².